The van der Waals surface area contributed by atoms with Crippen LogP contribution in [0.5, 0.6) is 6.01 Å². The van der Waals surface area contributed by atoms with Crippen molar-refractivity contribution in [1.29, 1.82) is 0 Å². The van der Waals surface area contributed by atoms with Crippen LogP contribution in [0.3, 0.4) is 0 Å². The number of ether oxygens (including phenoxy) is 2. The van der Waals surface area contributed by atoms with Crippen molar-refractivity contribution in [3.63, 3.8) is 0 Å². The molecule has 0 radical (unpaired) electrons. The van der Waals surface area contributed by atoms with Crippen LogP contribution in [-0.2, 0) is 10.7 Å². The molecule has 1 aliphatic rings. The third-order valence-corrected chi connectivity index (χ3v) is 5.87. The number of rotatable bonds is 6. The SMILES string of the molecule is CC(C)(O)C(F)(F)c1ccc(-c2nc3nc(O[C@H]4CO[C@H](CO)[C@@H](O)C4)[nH]c3cc2Cl)cc1. The molecule has 2 aromatic heterocycles. The average Bonchev–Trinajstić information content (AvgIpc) is 3.13. The highest BCUT2D eigenvalue weighted by Gasteiger charge is 2.46. The van der Waals surface area contributed by atoms with Crippen molar-refractivity contribution in [2.45, 2.75) is 50.1 Å². The summed E-state index contributed by atoms with van der Waals surface area (Å²) in [7, 11) is 0. The Morgan fingerprint density at radius 1 is 1.24 bits per heavy atom. The van der Waals surface area contributed by atoms with Gasteiger partial charge in [-0.3, -0.25) is 0 Å². The number of aliphatic hydroxyl groups is 3. The number of fused-ring (bicyclic) bond motifs is 1. The van der Waals surface area contributed by atoms with Crippen molar-refractivity contribution in [2.24, 2.45) is 0 Å². The Bertz CT molecular complexity index is 1130. The van der Waals surface area contributed by atoms with Gasteiger partial charge >= 0.3 is 5.92 Å². The van der Waals surface area contributed by atoms with E-state index >= 15 is 0 Å². The Morgan fingerprint density at radius 3 is 2.55 bits per heavy atom. The van der Waals surface area contributed by atoms with Crippen LogP contribution in [0.25, 0.3) is 22.4 Å². The van der Waals surface area contributed by atoms with E-state index in [1.807, 2.05) is 0 Å². The summed E-state index contributed by atoms with van der Waals surface area (Å²) in [4.78, 5) is 11.7. The minimum Gasteiger partial charge on any atom is -0.459 e. The molecule has 178 valence electrons. The number of nitrogens with zero attached hydrogens (tertiary/aromatic N) is 2. The number of aromatic nitrogens is 3. The van der Waals surface area contributed by atoms with Crippen LogP contribution in [0.1, 0.15) is 25.8 Å². The lowest BCUT2D eigenvalue weighted by atomic mass is 9.92. The molecule has 33 heavy (non-hydrogen) atoms. The van der Waals surface area contributed by atoms with Gasteiger partial charge in [-0.1, -0.05) is 35.9 Å². The summed E-state index contributed by atoms with van der Waals surface area (Å²) in [6, 6.07) is 7.13. The number of hydrogen-bond donors (Lipinski definition) is 4. The number of halogens is 3. The lowest BCUT2D eigenvalue weighted by molar-refractivity contribution is -0.168. The smallest absolute Gasteiger partial charge is 0.300 e. The van der Waals surface area contributed by atoms with Crippen molar-refractivity contribution in [1.82, 2.24) is 15.0 Å². The van der Waals surface area contributed by atoms with Crippen molar-refractivity contribution in [3.8, 4) is 17.3 Å². The van der Waals surface area contributed by atoms with Crippen LogP contribution in [-0.4, -0.2) is 67.4 Å². The molecule has 0 spiro atoms. The number of aromatic amines is 1. The Kier molecular flexibility index (Phi) is 6.32. The van der Waals surface area contributed by atoms with Gasteiger partial charge in [-0.2, -0.15) is 13.8 Å². The second-order valence-electron chi connectivity index (χ2n) is 8.54. The normalized spacial score (nSPS) is 22.0. The lowest BCUT2D eigenvalue weighted by Gasteiger charge is -2.31. The Hall–Kier alpha value is -2.37. The van der Waals surface area contributed by atoms with Gasteiger partial charge in [0.25, 0.3) is 6.01 Å². The molecule has 3 aromatic rings. The van der Waals surface area contributed by atoms with Crippen molar-refractivity contribution in [3.05, 3.63) is 40.9 Å². The molecule has 1 aliphatic heterocycles. The van der Waals surface area contributed by atoms with Gasteiger partial charge in [-0.15, -0.1) is 0 Å². The topological polar surface area (TPSA) is 121 Å². The molecule has 0 amide bonds. The number of benzene rings is 1. The molecule has 0 bridgehead atoms. The molecular weight excluding hydrogens is 460 g/mol. The van der Waals surface area contributed by atoms with E-state index in [-0.39, 0.29) is 36.2 Å². The zero-order chi connectivity index (χ0) is 24.0. The zero-order valence-electron chi connectivity index (χ0n) is 17.9. The molecular formula is C22H24ClF2N3O5. The maximum absolute atomic E-state index is 14.4. The lowest BCUT2D eigenvalue weighted by Crippen LogP contribution is -2.45. The van der Waals surface area contributed by atoms with E-state index in [0.717, 1.165) is 13.8 Å². The highest BCUT2D eigenvalue weighted by atomic mass is 35.5. The summed E-state index contributed by atoms with van der Waals surface area (Å²) in [6.07, 6.45) is -1.70. The Balaban J connectivity index is 1.56. The second kappa shape index (κ2) is 8.77. The first-order chi connectivity index (χ1) is 15.5. The summed E-state index contributed by atoms with van der Waals surface area (Å²) >= 11 is 6.38. The molecule has 8 nitrogen and oxygen atoms in total. The molecule has 4 N–H and O–H groups in total. The van der Waals surface area contributed by atoms with Crippen LogP contribution in [0, 0.1) is 0 Å². The molecule has 11 heteroatoms. The third kappa shape index (κ3) is 4.67. The van der Waals surface area contributed by atoms with Gasteiger partial charge in [0.05, 0.1) is 35.6 Å². The fraction of sp³-hybridized carbons (Fsp3) is 0.455. The Morgan fingerprint density at radius 2 is 1.94 bits per heavy atom. The van der Waals surface area contributed by atoms with Crippen LogP contribution in [0.15, 0.2) is 30.3 Å². The van der Waals surface area contributed by atoms with Gasteiger partial charge in [0.1, 0.15) is 17.8 Å². The summed E-state index contributed by atoms with van der Waals surface area (Å²) in [5.41, 5.74) is -0.876. The summed E-state index contributed by atoms with van der Waals surface area (Å²) in [6.45, 7) is 2.01. The van der Waals surface area contributed by atoms with Crippen LogP contribution in [0.2, 0.25) is 5.02 Å². The van der Waals surface area contributed by atoms with Crippen molar-refractivity contribution >= 4 is 22.8 Å². The summed E-state index contributed by atoms with van der Waals surface area (Å²) in [5, 5.41) is 29.2. The molecule has 3 atom stereocenters. The van der Waals surface area contributed by atoms with Gasteiger partial charge in [0.15, 0.2) is 5.65 Å². The fourth-order valence-corrected chi connectivity index (χ4v) is 3.85. The predicted octanol–water partition coefficient (Wildman–Crippen LogP) is 3.03. The summed E-state index contributed by atoms with van der Waals surface area (Å²) in [5.74, 6) is -3.44. The standard InChI is InChI=1S/C22H24ClF2N3O5/c1-21(2,31)22(24,25)12-5-3-11(4-6-12)18-14(23)8-15-19(27-18)28-20(26-15)33-13-7-16(30)17(9-29)32-10-13/h3-6,8,13,16-17,29-31H,7,9-10H2,1-2H3,(H,26,27,28)/t13-,16+,17-/m1/s1. The number of aliphatic hydroxyl groups excluding tert-OH is 2. The Labute approximate surface area is 193 Å². The number of imidazole rings is 1. The second-order valence-corrected chi connectivity index (χ2v) is 8.95. The molecule has 0 aliphatic carbocycles. The predicted molar refractivity (Wildman–Crippen MR) is 116 cm³/mol. The zero-order valence-corrected chi connectivity index (χ0v) is 18.7. The fourth-order valence-electron chi connectivity index (χ4n) is 3.59. The monoisotopic (exact) mass is 483 g/mol. The molecule has 4 rings (SSSR count). The highest BCUT2D eigenvalue weighted by Crippen LogP contribution is 2.39. The van der Waals surface area contributed by atoms with E-state index < -0.39 is 29.8 Å². The van der Waals surface area contributed by atoms with Gasteiger partial charge < -0.3 is 29.8 Å². The van der Waals surface area contributed by atoms with Crippen molar-refractivity contribution < 1.29 is 33.6 Å². The van der Waals surface area contributed by atoms with E-state index in [0.29, 0.717) is 22.4 Å². The van der Waals surface area contributed by atoms with Gasteiger partial charge in [-0.05, 0) is 19.9 Å². The molecule has 0 saturated carbocycles. The minimum absolute atomic E-state index is 0.161. The highest BCUT2D eigenvalue weighted by molar-refractivity contribution is 6.33. The van der Waals surface area contributed by atoms with Gasteiger partial charge in [0.2, 0.25) is 0 Å². The summed E-state index contributed by atoms with van der Waals surface area (Å²) < 4.78 is 39.9. The van der Waals surface area contributed by atoms with E-state index in [4.69, 9.17) is 26.2 Å². The van der Waals surface area contributed by atoms with E-state index in [9.17, 15) is 19.0 Å². The van der Waals surface area contributed by atoms with E-state index in [1.165, 1.54) is 24.3 Å². The van der Waals surface area contributed by atoms with Gasteiger partial charge in [0, 0.05) is 17.5 Å². The van der Waals surface area contributed by atoms with E-state index in [2.05, 4.69) is 15.0 Å². The molecule has 1 saturated heterocycles. The van der Waals surface area contributed by atoms with Crippen LogP contribution >= 0.6 is 11.6 Å². The maximum atomic E-state index is 14.4. The largest absolute Gasteiger partial charge is 0.459 e. The first-order valence-corrected chi connectivity index (χ1v) is 10.7. The number of alkyl halides is 2. The number of hydrogen-bond acceptors (Lipinski definition) is 7. The molecule has 0 unspecified atom stereocenters. The van der Waals surface area contributed by atoms with Crippen molar-refractivity contribution in [2.75, 3.05) is 13.2 Å². The number of H-pyrrole nitrogens is 1. The number of nitrogens with one attached hydrogen (secondary N) is 1. The molecule has 3 heterocycles. The molecule has 1 aromatic carbocycles. The van der Waals surface area contributed by atoms with Gasteiger partial charge in [-0.25, -0.2) is 4.98 Å². The quantitative estimate of drug-likeness (QED) is 0.425. The van der Waals surface area contributed by atoms with Crippen LogP contribution in [0.4, 0.5) is 8.78 Å². The number of pyridine rings is 1. The first-order valence-electron chi connectivity index (χ1n) is 10.3. The first kappa shape index (κ1) is 23.8. The average molecular weight is 484 g/mol. The minimum atomic E-state index is -3.44. The third-order valence-electron chi connectivity index (χ3n) is 5.58. The molecule has 1 fully saturated rings. The maximum Gasteiger partial charge on any atom is 0.300 e. The van der Waals surface area contributed by atoms with Crippen LogP contribution < -0.4 is 4.74 Å². The van der Waals surface area contributed by atoms with E-state index in [1.54, 1.807) is 6.07 Å².